The number of ether oxygens (including phenoxy) is 1. The van der Waals surface area contributed by atoms with Gasteiger partial charge in [0.05, 0.1) is 17.6 Å². The van der Waals surface area contributed by atoms with Crippen LogP contribution in [0.15, 0.2) is 96.4 Å². The summed E-state index contributed by atoms with van der Waals surface area (Å²) in [5, 5.41) is 18.8. The van der Waals surface area contributed by atoms with Crippen molar-refractivity contribution >= 4 is 23.3 Å². The van der Waals surface area contributed by atoms with Crippen LogP contribution in [0.4, 0.5) is 0 Å². The van der Waals surface area contributed by atoms with E-state index in [-0.39, 0.29) is 6.61 Å². The van der Waals surface area contributed by atoms with Gasteiger partial charge in [-0.1, -0.05) is 59.2 Å². The van der Waals surface area contributed by atoms with Crippen LogP contribution in [0.2, 0.25) is 5.02 Å². The van der Waals surface area contributed by atoms with Gasteiger partial charge in [-0.25, -0.2) is 4.68 Å². The molecule has 0 fully saturated rings. The molecule has 0 amide bonds. The molecular formula is C28H26ClN3O4. The molecule has 1 heterocycles. The highest BCUT2D eigenvalue weighted by molar-refractivity contribution is 6.30. The Morgan fingerprint density at radius 3 is 2.39 bits per heavy atom. The summed E-state index contributed by atoms with van der Waals surface area (Å²) >= 11 is 5.94. The van der Waals surface area contributed by atoms with Crippen LogP contribution >= 0.6 is 11.6 Å². The van der Waals surface area contributed by atoms with Gasteiger partial charge in [-0.3, -0.25) is 4.79 Å². The van der Waals surface area contributed by atoms with Gasteiger partial charge in [0.25, 0.3) is 0 Å². The molecule has 1 N–H and O–H groups in total. The van der Waals surface area contributed by atoms with Gasteiger partial charge in [0.15, 0.2) is 0 Å². The highest BCUT2D eigenvalue weighted by Gasteiger charge is 2.22. The first-order valence-corrected chi connectivity index (χ1v) is 11.8. The van der Waals surface area contributed by atoms with Crippen LogP contribution in [0.3, 0.4) is 0 Å². The molecule has 0 bridgehead atoms. The third-order valence-corrected chi connectivity index (χ3v) is 5.83. The molecule has 0 saturated carbocycles. The molecule has 0 aliphatic rings. The predicted octanol–water partition coefficient (Wildman–Crippen LogP) is 5.94. The molecule has 3 aromatic carbocycles. The summed E-state index contributed by atoms with van der Waals surface area (Å²) < 4.78 is 7.64. The summed E-state index contributed by atoms with van der Waals surface area (Å²) in [6, 6.07) is 24.4. The van der Waals surface area contributed by atoms with Crippen molar-refractivity contribution in [2.24, 2.45) is 11.1 Å². The van der Waals surface area contributed by atoms with Crippen molar-refractivity contribution in [1.29, 1.82) is 0 Å². The minimum atomic E-state index is -0.947. The van der Waals surface area contributed by atoms with Crippen molar-refractivity contribution in [1.82, 2.24) is 9.78 Å². The van der Waals surface area contributed by atoms with Gasteiger partial charge in [-0.05, 0) is 60.9 Å². The van der Waals surface area contributed by atoms with Crippen LogP contribution in [-0.4, -0.2) is 26.6 Å². The zero-order chi connectivity index (χ0) is 25.3. The lowest BCUT2D eigenvalue weighted by molar-refractivity contribution is -0.139. The first kappa shape index (κ1) is 25.0. The predicted molar refractivity (Wildman–Crippen MR) is 139 cm³/mol. The standard InChI is InChI=1S/C28H26ClN3O4/c1-20(31-36-19-22-5-3-2-4-6-22)27(28(33)34)15-21-7-13-26(14-8-21)35-18-23-16-30-32(17-23)25-11-9-24(29)10-12-25/h2-14,16-17,27H,15,18-19H2,1H3,(H,33,34). The number of aliphatic carboxylic acids is 1. The van der Waals surface area contributed by atoms with E-state index < -0.39 is 11.9 Å². The molecule has 8 heteroatoms. The second kappa shape index (κ2) is 12.0. The van der Waals surface area contributed by atoms with E-state index in [0.717, 1.165) is 22.4 Å². The number of halogens is 1. The summed E-state index contributed by atoms with van der Waals surface area (Å²) in [6.45, 7) is 2.32. The molecule has 184 valence electrons. The topological polar surface area (TPSA) is 85.9 Å². The zero-order valence-corrected chi connectivity index (χ0v) is 20.5. The molecule has 4 rings (SSSR count). The van der Waals surface area contributed by atoms with Crippen LogP contribution in [0.1, 0.15) is 23.6 Å². The summed E-state index contributed by atoms with van der Waals surface area (Å²) in [6.07, 6.45) is 3.95. The lowest BCUT2D eigenvalue weighted by Gasteiger charge is -2.13. The Balaban J connectivity index is 1.31. The van der Waals surface area contributed by atoms with E-state index in [9.17, 15) is 9.90 Å². The summed E-state index contributed by atoms with van der Waals surface area (Å²) in [4.78, 5) is 17.2. The van der Waals surface area contributed by atoms with Crippen molar-refractivity contribution in [3.05, 3.63) is 113 Å². The molecule has 0 aliphatic heterocycles. The maximum Gasteiger partial charge on any atom is 0.312 e. The highest BCUT2D eigenvalue weighted by Crippen LogP contribution is 2.19. The second-order valence-corrected chi connectivity index (χ2v) is 8.73. The molecule has 0 saturated heterocycles. The molecule has 1 unspecified atom stereocenters. The van der Waals surface area contributed by atoms with E-state index in [1.54, 1.807) is 17.8 Å². The molecule has 0 aliphatic carbocycles. The fraction of sp³-hybridized carbons (Fsp3) is 0.179. The molecule has 1 atom stereocenters. The maximum absolute atomic E-state index is 11.9. The van der Waals surface area contributed by atoms with Crippen LogP contribution < -0.4 is 4.74 Å². The minimum Gasteiger partial charge on any atom is -0.489 e. The molecule has 0 radical (unpaired) electrons. The highest BCUT2D eigenvalue weighted by atomic mass is 35.5. The second-order valence-electron chi connectivity index (χ2n) is 8.29. The first-order chi connectivity index (χ1) is 17.5. The average molecular weight is 504 g/mol. The van der Waals surface area contributed by atoms with E-state index in [2.05, 4.69) is 10.3 Å². The van der Waals surface area contributed by atoms with Gasteiger partial charge in [0.1, 0.15) is 24.9 Å². The number of carboxylic acid groups (broad SMARTS) is 1. The first-order valence-electron chi connectivity index (χ1n) is 11.4. The maximum atomic E-state index is 11.9. The Morgan fingerprint density at radius 2 is 1.69 bits per heavy atom. The molecular weight excluding hydrogens is 478 g/mol. The Labute approximate surface area is 214 Å². The lowest BCUT2D eigenvalue weighted by Crippen LogP contribution is -2.24. The number of hydrogen-bond acceptors (Lipinski definition) is 5. The van der Waals surface area contributed by atoms with E-state index >= 15 is 0 Å². The van der Waals surface area contributed by atoms with Crippen LogP contribution in [0.25, 0.3) is 5.69 Å². The number of carbonyl (C=O) groups is 1. The summed E-state index contributed by atoms with van der Waals surface area (Å²) in [5.74, 6) is -1.05. The molecule has 7 nitrogen and oxygen atoms in total. The zero-order valence-electron chi connectivity index (χ0n) is 19.8. The third kappa shape index (κ3) is 6.96. The van der Waals surface area contributed by atoms with Crippen molar-refractivity contribution in [3.8, 4) is 11.4 Å². The van der Waals surface area contributed by atoms with Crippen molar-refractivity contribution in [2.45, 2.75) is 26.6 Å². The Morgan fingerprint density at radius 1 is 0.972 bits per heavy atom. The molecule has 36 heavy (non-hydrogen) atoms. The summed E-state index contributed by atoms with van der Waals surface area (Å²) in [5.41, 5.74) is 4.07. The fourth-order valence-electron chi connectivity index (χ4n) is 3.55. The Bertz CT molecular complexity index is 1300. The number of benzene rings is 3. The van der Waals surface area contributed by atoms with E-state index in [4.69, 9.17) is 21.2 Å². The average Bonchev–Trinajstić information content (AvgIpc) is 3.36. The lowest BCUT2D eigenvalue weighted by atomic mass is 9.95. The van der Waals surface area contributed by atoms with Gasteiger partial charge in [0, 0.05) is 16.8 Å². The van der Waals surface area contributed by atoms with Crippen molar-refractivity contribution < 1.29 is 19.5 Å². The van der Waals surface area contributed by atoms with Crippen molar-refractivity contribution in [2.75, 3.05) is 0 Å². The van der Waals surface area contributed by atoms with Crippen LogP contribution in [0, 0.1) is 5.92 Å². The van der Waals surface area contributed by atoms with Crippen molar-refractivity contribution in [3.63, 3.8) is 0 Å². The normalized spacial score (nSPS) is 12.2. The molecule has 1 aromatic heterocycles. The number of nitrogens with zero attached hydrogens (tertiary/aromatic N) is 3. The number of rotatable bonds is 11. The monoisotopic (exact) mass is 503 g/mol. The molecule has 4 aromatic rings. The number of aromatic nitrogens is 2. The quantitative estimate of drug-likeness (QED) is 0.202. The van der Waals surface area contributed by atoms with Gasteiger partial charge >= 0.3 is 5.97 Å². The van der Waals surface area contributed by atoms with E-state index in [0.29, 0.717) is 29.5 Å². The molecule has 0 spiro atoms. The van der Waals surface area contributed by atoms with Gasteiger partial charge in [-0.15, -0.1) is 0 Å². The van der Waals surface area contributed by atoms with E-state index in [1.807, 2.05) is 85.1 Å². The number of hydrogen-bond donors (Lipinski definition) is 1. The van der Waals surface area contributed by atoms with Gasteiger partial charge in [0.2, 0.25) is 0 Å². The third-order valence-electron chi connectivity index (χ3n) is 5.58. The Hall–Kier alpha value is -4.10. The van der Waals surface area contributed by atoms with E-state index in [1.165, 1.54) is 0 Å². The minimum absolute atomic E-state index is 0.287. The number of oxime groups is 1. The van der Waals surface area contributed by atoms with Gasteiger partial charge < -0.3 is 14.7 Å². The number of carboxylic acids is 1. The Kier molecular flexibility index (Phi) is 8.36. The van der Waals surface area contributed by atoms with Gasteiger partial charge in [-0.2, -0.15) is 5.10 Å². The smallest absolute Gasteiger partial charge is 0.312 e. The fourth-order valence-corrected chi connectivity index (χ4v) is 3.68. The SMILES string of the molecule is CC(=NOCc1ccccc1)C(Cc1ccc(OCc2cnn(-c3ccc(Cl)cc3)c2)cc1)C(=O)O. The van der Waals surface area contributed by atoms with Crippen LogP contribution in [-0.2, 0) is 29.3 Å². The summed E-state index contributed by atoms with van der Waals surface area (Å²) in [7, 11) is 0. The largest absolute Gasteiger partial charge is 0.489 e. The van der Waals surface area contributed by atoms with Crippen LogP contribution in [0.5, 0.6) is 5.75 Å².